The largest absolute Gasteiger partial charge is 0.379 e. The van der Waals surface area contributed by atoms with Crippen molar-refractivity contribution in [2.75, 3.05) is 5.75 Å². The number of aliphatic imine (C=N–C) groups is 1. The van der Waals surface area contributed by atoms with Gasteiger partial charge in [-0.1, -0.05) is 25.6 Å². The molecule has 0 fully saturated rings. The van der Waals surface area contributed by atoms with Gasteiger partial charge in [0.2, 0.25) is 0 Å². The number of hydrogen-bond acceptors (Lipinski definition) is 4. The molecule has 2 N–H and O–H groups in total. The van der Waals surface area contributed by atoms with Crippen molar-refractivity contribution in [3.8, 4) is 0 Å². The molecule has 1 atom stereocenters. The van der Waals surface area contributed by atoms with E-state index in [0.29, 0.717) is 0 Å². The monoisotopic (exact) mass is 280 g/mol. The maximum absolute atomic E-state index is 6.04. The zero-order valence-corrected chi connectivity index (χ0v) is 12.9. The first-order chi connectivity index (χ1) is 8.45. The Morgan fingerprint density at radius 2 is 2.11 bits per heavy atom. The lowest BCUT2D eigenvalue weighted by molar-refractivity contribution is 0.134. The summed E-state index contributed by atoms with van der Waals surface area (Å²) in [5.41, 5.74) is 7.64. The van der Waals surface area contributed by atoms with Crippen LogP contribution in [0.25, 0.3) is 0 Å². The maximum atomic E-state index is 6.04. The van der Waals surface area contributed by atoms with Crippen molar-refractivity contribution < 1.29 is 0 Å². The summed E-state index contributed by atoms with van der Waals surface area (Å²) in [5.74, 6) is 1.09. The Kier molecular flexibility index (Phi) is 2.79. The van der Waals surface area contributed by atoms with Crippen molar-refractivity contribution in [3.05, 3.63) is 21.4 Å². The van der Waals surface area contributed by atoms with Gasteiger partial charge in [-0.3, -0.25) is 4.99 Å². The lowest BCUT2D eigenvalue weighted by atomic mass is 9.61. The molecule has 98 valence electrons. The lowest BCUT2D eigenvalue weighted by Crippen LogP contribution is -2.47. The molecule has 1 aromatic heterocycles. The Bertz CT molecular complexity index is 516. The van der Waals surface area contributed by atoms with Crippen LogP contribution in [0.15, 0.2) is 11.1 Å². The van der Waals surface area contributed by atoms with Gasteiger partial charge in [0.25, 0.3) is 0 Å². The van der Waals surface area contributed by atoms with E-state index < -0.39 is 0 Å². The fraction of sp³-hybridized carbons (Fsp3) is 0.643. The van der Waals surface area contributed by atoms with Gasteiger partial charge in [-0.2, -0.15) is 0 Å². The van der Waals surface area contributed by atoms with Crippen LogP contribution in [0.5, 0.6) is 0 Å². The third kappa shape index (κ3) is 1.65. The molecule has 0 saturated heterocycles. The van der Waals surface area contributed by atoms with Gasteiger partial charge in [0.05, 0.1) is 5.54 Å². The molecular formula is C14H20N2S2. The summed E-state index contributed by atoms with van der Waals surface area (Å²) in [5, 5.41) is 0.769. The SMILES string of the molecule is Cc1cc2c(s1)CCC(C)(C)C21CCSC(N)=N1. The van der Waals surface area contributed by atoms with E-state index >= 15 is 0 Å². The Labute approximate surface area is 117 Å². The first-order valence-corrected chi connectivity index (χ1v) is 8.33. The second-order valence-electron chi connectivity index (χ2n) is 5.99. The van der Waals surface area contributed by atoms with Crippen LogP contribution < -0.4 is 5.73 Å². The van der Waals surface area contributed by atoms with E-state index in [4.69, 9.17) is 10.7 Å². The van der Waals surface area contributed by atoms with Gasteiger partial charge in [-0.15, -0.1) is 11.3 Å². The topological polar surface area (TPSA) is 38.4 Å². The second-order valence-corrected chi connectivity index (χ2v) is 8.44. The number of thioether (sulfide) groups is 1. The molecule has 1 aliphatic heterocycles. The van der Waals surface area contributed by atoms with Crippen molar-refractivity contribution in [3.63, 3.8) is 0 Å². The minimum Gasteiger partial charge on any atom is -0.379 e. The molecule has 0 bridgehead atoms. The zero-order valence-electron chi connectivity index (χ0n) is 11.2. The molecule has 4 heteroatoms. The van der Waals surface area contributed by atoms with E-state index in [0.717, 1.165) is 17.3 Å². The standard InChI is InChI=1S/C14H20N2S2/c1-9-8-10-11(18-9)4-5-13(2,3)14(10)6-7-17-12(15)16-14/h8H,4-7H2,1-3H3,(H2,15,16). The highest BCUT2D eigenvalue weighted by Crippen LogP contribution is 2.56. The number of rotatable bonds is 0. The third-order valence-corrected chi connectivity index (χ3v) is 6.39. The van der Waals surface area contributed by atoms with Crippen molar-refractivity contribution in [2.24, 2.45) is 16.1 Å². The molecule has 2 aliphatic rings. The summed E-state index contributed by atoms with van der Waals surface area (Å²) in [6, 6.07) is 2.35. The van der Waals surface area contributed by atoms with Gasteiger partial charge < -0.3 is 5.73 Å². The summed E-state index contributed by atoms with van der Waals surface area (Å²) >= 11 is 3.64. The Hall–Kier alpha value is -0.480. The van der Waals surface area contributed by atoms with Gasteiger partial charge in [0.15, 0.2) is 5.17 Å². The highest BCUT2D eigenvalue weighted by atomic mass is 32.2. The van der Waals surface area contributed by atoms with Gasteiger partial charge in [0, 0.05) is 15.5 Å². The van der Waals surface area contributed by atoms with Crippen molar-refractivity contribution in [1.29, 1.82) is 0 Å². The van der Waals surface area contributed by atoms with Crippen LogP contribution >= 0.6 is 23.1 Å². The summed E-state index contributed by atoms with van der Waals surface area (Å²) in [4.78, 5) is 7.89. The summed E-state index contributed by atoms with van der Waals surface area (Å²) in [6.45, 7) is 6.92. The molecule has 1 unspecified atom stereocenters. The molecule has 1 spiro atoms. The van der Waals surface area contributed by atoms with Crippen LogP contribution in [-0.4, -0.2) is 10.9 Å². The maximum Gasteiger partial charge on any atom is 0.154 e. The molecule has 0 saturated carbocycles. The van der Waals surface area contributed by atoms with Crippen molar-refractivity contribution in [2.45, 2.75) is 45.6 Å². The highest BCUT2D eigenvalue weighted by Gasteiger charge is 2.51. The van der Waals surface area contributed by atoms with E-state index in [1.807, 2.05) is 11.3 Å². The first-order valence-electron chi connectivity index (χ1n) is 6.52. The Morgan fingerprint density at radius 1 is 1.33 bits per heavy atom. The molecule has 0 amide bonds. The van der Waals surface area contributed by atoms with Crippen LogP contribution in [0.2, 0.25) is 0 Å². The smallest absolute Gasteiger partial charge is 0.154 e. The van der Waals surface area contributed by atoms with Gasteiger partial charge in [-0.25, -0.2) is 0 Å². The first kappa shape index (κ1) is 12.5. The van der Waals surface area contributed by atoms with Crippen LogP contribution in [-0.2, 0) is 12.0 Å². The van der Waals surface area contributed by atoms with Crippen molar-refractivity contribution >= 4 is 28.3 Å². The van der Waals surface area contributed by atoms with E-state index in [1.54, 1.807) is 11.8 Å². The van der Waals surface area contributed by atoms with Crippen LogP contribution in [0, 0.1) is 12.3 Å². The van der Waals surface area contributed by atoms with E-state index in [9.17, 15) is 0 Å². The number of fused-ring (bicyclic) bond motifs is 2. The summed E-state index contributed by atoms with van der Waals surface area (Å²) in [7, 11) is 0. The predicted molar refractivity (Wildman–Crippen MR) is 81.5 cm³/mol. The number of aryl methyl sites for hydroxylation is 2. The molecular weight excluding hydrogens is 260 g/mol. The normalized spacial score (nSPS) is 30.1. The van der Waals surface area contributed by atoms with Crippen LogP contribution in [0.3, 0.4) is 0 Å². The molecule has 1 aromatic rings. The molecule has 0 aromatic carbocycles. The number of nitrogens with two attached hydrogens (primary N) is 1. The third-order valence-electron chi connectivity index (χ3n) is 4.49. The molecule has 1 aliphatic carbocycles. The number of nitrogens with zero attached hydrogens (tertiary/aromatic N) is 1. The Balaban J connectivity index is 2.23. The molecule has 2 nitrogen and oxygen atoms in total. The number of thiophene rings is 1. The highest BCUT2D eigenvalue weighted by molar-refractivity contribution is 8.13. The Morgan fingerprint density at radius 3 is 2.83 bits per heavy atom. The fourth-order valence-electron chi connectivity index (χ4n) is 3.36. The van der Waals surface area contributed by atoms with Crippen LogP contribution in [0.4, 0.5) is 0 Å². The molecule has 0 radical (unpaired) electrons. The van der Waals surface area contributed by atoms with E-state index in [1.165, 1.54) is 28.2 Å². The lowest BCUT2D eigenvalue weighted by Gasteiger charge is -2.49. The van der Waals surface area contributed by atoms with Crippen LogP contribution in [0.1, 0.15) is 42.0 Å². The minimum atomic E-state index is -0.0688. The van der Waals surface area contributed by atoms with E-state index in [2.05, 4.69) is 26.8 Å². The second kappa shape index (κ2) is 4.01. The predicted octanol–water partition coefficient (Wildman–Crippen LogP) is 3.68. The minimum absolute atomic E-state index is 0.0688. The average Bonchev–Trinajstić information content (AvgIpc) is 2.67. The fourth-order valence-corrected chi connectivity index (χ4v) is 5.29. The molecule has 3 rings (SSSR count). The van der Waals surface area contributed by atoms with Gasteiger partial charge in [-0.05, 0) is 43.2 Å². The molecule has 2 heterocycles. The number of amidine groups is 1. The van der Waals surface area contributed by atoms with Gasteiger partial charge in [0.1, 0.15) is 0 Å². The average molecular weight is 280 g/mol. The molecule has 18 heavy (non-hydrogen) atoms. The quantitative estimate of drug-likeness (QED) is 0.787. The zero-order chi connectivity index (χ0) is 13.0. The van der Waals surface area contributed by atoms with Crippen molar-refractivity contribution in [1.82, 2.24) is 0 Å². The number of hydrogen-bond donors (Lipinski definition) is 1. The summed E-state index contributed by atoms with van der Waals surface area (Å²) < 4.78 is 0. The summed E-state index contributed by atoms with van der Waals surface area (Å²) in [6.07, 6.45) is 3.53. The van der Waals surface area contributed by atoms with E-state index in [-0.39, 0.29) is 11.0 Å². The van der Waals surface area contributed by atoms with Gasteiger partial charge >= 0.3 is 0 Å².